The maximum absolute atomic E-state index is 11.6. The number of hydrogen-bond donors (Lipinski definition) is 3. The maximum atomic E-state index is 11.6. The van der Waals surface area contributed by atoms with Crippen LogP contribution in [0.4, 0.5) is 10.5 Å². The van der Waals surface area contributed by atoms with Gasteiger partial charge in [0.2, 0.25) is 0 Å². The van der Waals surface area contributed by atoms with Crippen molar-refractivity contribution in [3.05, 3.63) is 54.4 Å². The van der Waals surface area contributed by atoms with Crippen molar-refractivity contribution in [1.82, 2.24) is 9.78 Å². The van der Waals surface area contributed by atoms with Gasteiger partial charge < -0.3 is 26.3 Å². The number of rotatable bonds is 6. The summed E-state index contributed by atoms with van der Waals surface area (Å²) in [6.07, 6.45) is 1.47. The normalized spacial score (nSPS) is 10.4. The zero-order valence-corrected chi connectivity index (χ0v) is 15.3. The van der Waals surface area contributed by atoms with Gasteiger partial charge >= 0.3 is 6.03 Å². The lowest BCUT2D eigenvalue weighted by atomic mass is 10.0. The van der Waals surface area contributed by atoms with Crippen LogP contribution in [0, 0.1) is 0 Å². The number of carbonyl (C=O) groups excluding carboxylic acids is 2. The second-order valence-corrected chi connectivity index (χ2v) is 5.81. The number of hydrogen-bond acceptors (Lipinski definition) is 5. The van der Waals surface area contributed by atoms with Gasteiger partial charge in [-0.15, -0.1) is 0 Å². The van der Waals surface area contributed by atoms with Crippen LogP contribution in [0.1, 0.15) is 10.5 Å². The van der Waals surface area contributed by atoms with Crippen LogP contribution in [0.25, 0.3) is 16.8 Å². The molecule has 1 aromatic heterocycles. The molecule has 9 nitrogen and oxygen atoms in total. The molecule has 9 heteroatoms. The molecular formula is C19H19N5O4. The first kappa shape index (κ1) is 18.8. The summed E-state index contributed by atoms with van der Waals surface area (Å²) in [5.74, 6) is 0.453. The molecule has 0 aliphatic carbocycles. The van der Waals surface area contributed by atoms with E-state index in [0.29, 0.717) is 17.2 Å². The van der Waals surface area contributed by atoms with Crippen molar-refractivity contribution in [2.45, 2.75) is 0 Å². The number of urea groups is 1. The van der Waals surface area contributed by atoms with Crippen molar-refractivity contribution < 1.29 is 19.1 Å². The average Bonchev–Trinajstić information content (AvgIpc) is 3.11. The lowest BCUT2D eigenvalue weighted by molar-refractivity contribution is 0.0996. The van der Waals surface area contributed by atoms with E-state index in [1.165, 1.54) is 10.9 Å². The Labute approximate surface area is 160 Å². The van der Waals surface area contributed by atoms with Gasteiger partial charge in [-0.05, 0) is 35.4 Å². The quantitative estimate of drug-likeness (QED) is 0.601. The highest BCUT2D eigenvalue weighted by Crippen LogP contribution is 2.33. The molecule has 1 heterocycles. The zero-order chi connectivity index (χ0) is 20.3. The van der Waals surface area contributed by atoms with Crippen LogP contribution in [-0.2, 0) is 0 Å². The second-order valence-electron chi connectivity index (χ2n) is 5.81. The summed E-state index contributed by atoms with van der Waals surface area (Å²) in [4.78, 5) is 22.7. The summed E-state index contributed by atoms with van der Waals surface area (Å²) in [7, 11) is 3.14. The largest absolute Gasteiger partial charge is 0.493 e. The molecule has 0 bridgehead atoms. The third-order valence-corrected chi connectivity index (χ3v) is 4.03. The molecule has 0 radical (unpaired) electrons. The third-order valence-electron chi connectivity index (χ3n) is 4.03. The van der Waals surface area contributed by atoms with E-state index >= 15 is 0 Å². The summed E-state index contributed by atoms with van der Waals surface area (Å²) < 4.78 is 12.1. The maximum Gasteiger partial charge on any atom is 0.316 e. The molecule has 3 amide bonds. The van der Waals surface area contributed by atoms with Gasteiger partial charge in [-0.3, -0.25) is 4.79 Å². The number of carbonyl (C=O) groups is 2. The van der Waals surface area contributed by atoms with E-state index in [-0.39, 0.29) is 11.4 Å². The first-order chi connectivity index (χ1) is 13.4. The van der Waals surface area contributed by atoms with E-state index in [1.807, 2.05) is 36.4 Å². The van der Waals surface area contributed by atoms with Crippen molar-refractivity contribution in [3.63, 3.8) is 0 Å². The number of benzene rings is 2. The van der Waals surface area contributed by atoms with E-state index in [9.17, 15) is 9.59 Å². The predicted molar refractivity (Wildman–Crippen MR) is 104 cm³/mol. The molecule has 0 saturated heterocycles. The Kier molecular flexibility index (Phi) is 5.16. The zero-order valence-electron chi connectivity index (χ0n) is 15.3. The average molecular weight is 381 g/mol. The number of nitrogens with one attached hydrogen (secondary N) is 1. The van der Waals surface area contributed by atoms with Crippen LogP contribution in [-0.4, -0.2) is 35.9 Å². The van der Waals surface area contributed by atoms with E-state index in [2.05, 4.69) is 10.4 Å². The van der Waals surface area contributed by atoms with E-state index < -0.39 is 11.9 Å². The van der Waals surface area contributed by atoms with Gasteiger partial charge in [-0.2, -0.15) is 5.10 Å². The Bertz CT molecular complexity index is 1040. The molecule has 3 aromatic rings. The van der Waals surface area contributed by atoms with E-state index in [0.717, 1.165) is 11.1 Å². The second kappa shape index (κ2) is 7.70. The molecule has 0 saturated carbocycles. The van der Waals surface area contributed by atoms with Gasteiger partial charge in [-0.25, -0.2) is 9.48 Å². The SMILES string of the molecule is COc1ccc(-c2cccc(-n3cc(NC(N)=O)c(C(N)=O)n3)c2)cc1OC. The number of anilines is 1. The predicted octanol–water partition coefficient (Wildman–Crippen LogP) is 2.15. The highest BCUT2D eigenvalue weighted by Gasteiger charge is 2.16. The van der Waals surface area contributed by atoms with Gasteiger partial charge in [0.05, 0.1) is 31.8 Å². The molecule has 0 aliphatic heterocycles. The summed E-state index contributed by atoms with van der Waals surface area (Å²) in [6, 6.07) is 12.2. The molecule has 3 rings (SSSR count). The minimum atomic E-state index is -0.818. The van der Waals surface area contributed by atoms with Gasteiger partial charge in [0.1, 0.15) is 0 Å². The molecule has 0 aliphatic rings. The van der Waals surface area contributed by atoms with Crippen molar-refractivity contribution in [2.75, 3.05) is 19.5 Å². The topological polar surface area (TPSA) is 134 Å². The fraction of sp³-hybridized carbons (Fsp3) is 0.105. The summed E-state index contributed by atoms with van der Waals surface area (Å²) in [5.41, 5.74) is 13.0. The monoisotopic (exact) mass is 381 g/mol. The van der Waals surface area contributed by atoms with Gasteiger partial charge in [0, 0.05) is 0 Å². The third kappa shape index (κ3) is 3.73. The van der Waals surface area contributed by atoms with Crippen LogP contribution in [0.3, 0.4) is 0 Å². The smallest absolute Gasteiger partial charge is 0.316 e. The molecule has 0 atom stereocenters. The molecule has 0 unspecified atom stereocenters. The summed E-state index contributed by atoms with van der Waals surface area (Å²) in [6.45, 7) is 0. The Morgan fingerprint density at radius 3 is 2.36 bits per heavy atom. The van der Waals surface area contributed by atoms with E-state index in [4.69, 9.17) is 20.9 Å². The number of primary amides is 2. The Balaban J connectivity index is 2.02. The number of aromatic nitrogens is 2. The molecule has 144 valence electrons. The van der Waals surface area contributed by atoms with Crippen molar-refractivity contribution >= 4 is 17.6 Å². The highest BCUT2D eigenvalue weighted by molar-refractivity contribution is 6.00. The van der Waals surface area contributed by atoms with Crippen LogP contribution in [0.15, 0.2) is 48.7 Å². The van der Waals surface area contributed by atoms with Crippen LogP contribution >= 0.6 is 0 Å². The Hall–Kier alpha value is -4.01. The van der Waals surface area contributed by atoms with E-state index in [1.54, 1.807) is 20.3 Å². The van der Waals surface area contributed by atoms with Gasteiger partial charge in [0.15, 0.2) is 17.2 Å². The lowest BCUT2D eigenvalue weighted by Gasteiger charge is -2.10. The van der Waals surface area contributed by atoms with Gasteiger partial charge in [0.25, 0.3) is 5.91 Å². The first-order valence-electron chi connectivity index (χ1n) is 8.21. The molecule has 5 N–H and O–H groups in total. The fourth-order valence-electron chi connectivity index (χ4n) is 2.76. The summed E-state index contributed by atoms with van der Waals surface area (Å²) >= 11 is 0. The number of methoxy groups -OCH3 is 2. The minimum absolute atomic E-state index is 0.0877. The lowest BCUT2D eigenvalue weighted by Crippen LogP contribution is -2.22. The number of ether oxygens (including phenoxy) is 2. The molecule has 0 fully saturated rings. The number of amides is 3. The Morgan fingerprint density at radius 1 is 1.00 bits per heavy atom. The molecule has 28 heavy (non-hydrogen) atoms. The van der Waals surface area contributed by atoms with Crippen LogP contribution in [0.2, 0.25) is 0 Å². The summed E-state index contributed by atoms with van der Waals surface area (Å²) in [5, 5.41) is 6.50. The molecular weight excluding hydrogens is 362 g/mol. The number of nitrogens with zero attached hydrogens (tertiary/aromatic N) is 2. The minimum Gasteiger partial charge on any atom is -0.493 e. The van der Waals surface area contributed by atoms with Crippen molar-refractivity contribution in [3.8, 4) is 28.3 Å². The van der Waals surface area contributed by atoms with Gasteiger partial charge in [-0.1, -0.05) is 18.2 Å². The highest BCUT2D eigenvalue weighted by atomic mass is 16.5. The van der Waals surface area contributed by atoms with Crippen molar-refractivity contribution in [2.24, 2.45) is 11.5 Å². The molecule has 0 spiro atoms. The van der Waals surface area contributed by atoms with Crippen molar-refractivity contribution in [1.29, 1.82) is 0 Å². The number of nitrogens with two attached hydrogens (primary N) is 2. The Morgan fingerprint density at radius 2 is 1.71 bits per heavy atom. The molecule has 2 aromatic carbocycles. The van der Waals surface area contributed by atoms with Crippen LogP contribution in [0.5, 0.6) is 11.5 Å². The first-order valence-corrected chi connectivity index (χ1v) is 8.21. The van der Waals surface area contributed by atoms with Crippen LogP contribution < -0.4 is 26.3 Å². The fourth-order valence-corrected chi connectivity index (χ4v) is 2.76. The standard InChI is InChI=1S/C19H19N5O4/c1-27-15-7-6-12(9-16(15)28-2)11-4-3-5-13(8-11)24-10-14(22-19(21)26)17(23-24)18(20)25/h3-10H,1-2H3,(H2,20,25)(H3,21,22,26).